The molecule has 1 aromatic rings. The molecule has 118 valence electrons. The Hall–Kier alpha value is -1.31. The third-order valence-corrected chi connectivity index (χ3v) is 5.41. The first-order valence-corrected chi connectivity index (χ1v) is 8.68. The van der Waals surface area contributed by atoms with Crippen molar-refractivity contribution >= 4 is 9.84 Å². The van der Waals surface area contributed by atoms with E-state index in [1.807, 2.05) is 12.1 Å². The van der Waals surface area contributed by atoms with Crippen LogP contribution in [-0.2, 0) is 9.84 Å². The molecule has 1 unspecified atom stereocenters. The first-order valence-electron chi connectivity index (χ1n) is 6.86. The summed E-state index contributed by atoms with van der Waals surface area (Å²) in [6.07, 6.45) is 0. The first kappa shape index (κ1) is 16.1. The van der Waals surface area contributed by atoms with E-state index in [-0.39, 0.29) is 17.5 Å². The number of rotatable bonds is 5. The van der Waals surface area contributed by atoms with Crippen molar-refractivity contribution in [2.45, 2.75) is 6.04 Å². The van der Waals surface area contributed by atoms with Gasteiger partial charge < -0.3 is 15.2 Å². The minimum atomic E-state index is -2.90. The molecule has 0 amide bonds. The Morgan fingerprint density at radius 2 is 1.67 bits per heavy atom. The quantitative estimate of drug-likeness (QED) is 0.849. The second-order valence-corrected chi connectivity index (χ2v) is 7.39. The summed E-state index contributed by atoms with van der Waals surface area (Å²) in [4.78, 5) is 2.11. The summed E-state index contributed by atoms with van der Waals surface area (Å²) in [6.45, 7) is 1.42. The third-order valence-electron chi connectivity index (χ3n) is 3.80. The van der Waals surface area contributed by atoms with E-state index in [0.717, 1.165) is 5.56 Å². The zero-order valence-corrected chi connectivity index (χ0v) is 13.2. The summed E-state index contributed by atoms with van der Waals surface area (Å²) in [5.74, 6) is 1.77. The van der Waals surface area contributed by atoms with Crippen molar-refractivity contribution in [1.29, 1.82) is 0 Å². The average Bonchev–Trinajstić information content (AvgIpc) is 2.49. The van der Waals surface area contributed by atoms with Crippen LogP contribution in [0.15, 0.2) is 18.2 Å². The minimum Gasteiger partial charge on any atom is -0.497 e. The second kappa shape index (κ2) is 6.64. The van der Waals surface area contributed by atoms with Crippen LogP contribution in [0.25, 0.3) is 0 Å². The zero-order valence-electron chi connectivity index (χ0n) is 12.4. The van der Waals surface area contributed by atoms with Gasteiger partial charge in [-0.05, 0) is 17.7 Å². The molecule has 1 aliphatic heterocycles. The number of hydrogen-bond acceptors (Lipinski definition) is 6. The van der Waals surface area contributed by atoms with Gasteiger partial charge in [0.25, 0.3) is 0 Å². The number of ether oxygens (including phenoxy) is 2. The van der Waals surface area contributed by atoms with Crippen LogP contribution in [0.4, 0.5) is 0 Å². The maximum Gasteiger partial charge on any atom is 0.152 e. The van der Waals surface area contributed by atoms with Crippen molar-refractivity contribution in [3.05, 3.63) is 23.8 Å². The molecular weight excluding hydrogens is 292 g/mol. The van der Waals surface area contributed by atoms with Crippen LogP contribution >= 0.6 is 0 Å². The molecular formula is C14H22N2O4S. The van der Waals surface area contributed by atoms with E-state index >= 15 is 0 Å². The highest BCUT2D eigenvalue weighted by molar-refractivity contribution is 7.91. The standard InChI is InChI=1S/C14H22N2O4S/c1-19-12-7-11(8-13(9-12)20-2)14(10-15)16-3-5-21(17,18)6-4-16/h7-9,14H,3-6,10,15H2,1-2H3. The number of nitrogens with two attached hydrogens (primary N) is 1. The highest BCUT2D eigenvalue weighted by atomic mass is 32.2. The van der Waals surface area contributed by atoms with Gasteiger partial charge in [-0.2, -0.15) is 0 Å². The Bertz CT molecular complexity index is 552. The van der Waals surface area contributed by atoms with Crippen LogP contribution < -0.4 is 15.2 Å². The summed E-state index contributed by atoms with van der Waals surface area (Å²) < 4.78 is 33.6. The predicted octanol–water partition coefficient (Wildman–Crippen LogP) is 0.434. The molecule has 1 heterocycles. The lowest BCUT2D eigenvalue weighted by atomic mass is 10.0. The van der Waals surface area contributed by atoms with E-state index in [1.54, 1.807) is 20.3 Å². The van der Waals surface area contributed by atoms with Gasteiger partial charge in [0.2, 0.25) is 0 Å². The van der Waals surface area contributed by atoms with Crippen LogP contribution in [0, 0.1) is 0 Å². The molecule has 7 heteroatoms. The van der Waals surface area contributed by atoms with Gasteiger partial charge in [0.1, 0.15) is 11.5 Å². The summed E-state index contributed by atoms with van der Waals surface area (Å²) in [5.41, 5.74) is 6.89. The monoisotopic (exact) mass is 314 g/mol. The largest absolute Gasteiger partial charge is 0.497 e. The Morgan fingerprint density at radius 3 is 2.10 bits per heavy atom. The molecule has 2 N–H and O–H groups in total. The molecule has 21 heavy (non-hydrogen) atoms. The zero-order chi connectivity index (χ0) is 15.5. The molecule has 0 radical (unpaired) electrons. The molecule has 1 aliphatic rings. The molecule has 0 saturated carbocycles. The lowest BCUT2D eigenvalue weighted by Crippen LogP contribution is -2.44. The van der Waals surface area contributed by atoms with Crippen LogP contribution in [0.2, 0.25) is 0 Å². The van der Waals surface area contributed by atoms with Crippen molar-refractivity contribution in [2.75, 3.05) is 45.4 Å². The molecule has 1 fully saturated rings. The molecule has 1 aromatic carbocycles. The van der Waals surface area contributed by atoms with Crippen LogP contribution in [0.3, 0.4) is 0 Å². The van der Waals surface area contributed by atoms with Gasteiger partial charge >= 0.3 is 0 Å². The second-order valence-electron chi connectivity index (χ2n) is 5.09. The molecule has 0 spiro atoms. The molecule has 1 atom stereocenters. The fourth-order valence-electron chi connectivity index (χ4n) is 2.56. The number of hydrogen-bond donors (Lipinski definition) is 1. The summed E-state index contributed by atoms with van der Waals surface area (Å²) in [5, 5.41) is 0. The Morgan fingerprint density at radius 1 is 1.14 bits per heavy atom. The fourth-order valence-corrected chi connectivity index (χ4v) is 3.79. The summed E-state index contributed by atoms with van der Waals surface area (Å²) in [7, 11) is 0.304. The third kappa shape index (κ3) is 3.87. The van der Waals surface area contributed by atoms with Crippen molar-refractivity contribution in [1.82, 2.24) is 4.90 Å². The molecule has 6 nitrogen and oxygen atoms in total. The number of sulfone groups is 1. The van der Waals surface area contributed by atoms with Gasteiger partial charge in [0, 0.05) is 31.7 Å². The summed E-state index contributed by atoms with van der Waals surface area (Å²) in [6, 6.07) is 5.61. The Kier molecular flexibility index (Phi) is 5.08. The SMILES string of the molecule is COc1cc(OC)cc(C(CN)N2CCS(=O)(=O)CC2)c1. The van der Waals surface area contributed by atoms with Crippen LogP contribution in [-0.4, -0.2) is 58.7 Å². The Balaban J connectivity index is 2.25. The van der Waals surface area contributed by atoms with Gasteiger partial charge in [-0.15, -0.1) is 0 Å². The number of benzene rings is 1. The topological polar surface area (TPSA) is 81.9 Å². The average molecular weight is 314 g/mol. The van der Waals surface area contributed by atoms with Gasteiger partial charge in [0.15, 0.2) is 9.84 Å². The van der Waals surface area contributed by atoms with Crippen molar-refractivity contribution in [3.63, 3.8) is 0 Å². The number of methoxy groups -OCH3 is 2. The molecule has 1 saturated heterocycles. The van der Waals surface area contributed by atoms with E-state index in [1.165, 1.54) is 0 Å². The van der Waals surface area contributed by atoms with Gasteiger partial charge in [0.05, 0.1) is 25.7 Å². The van der Waals surface area contributed by atoms with Gasteiger partial charge in [-0.1, -0.05) is 0 Å². The highest BCUT2D eigenvalue weighted by Crippen LogP contribution is 2.29. The maximum absolute atomic E-state index is 11.5. The smallest absolute Gasteiger partial charge is 0.152 e. The molecule has 0 bridgehead atoms. The van der Waals surface area contributed by atoms with Gasteiger partial charge in [-0.25, -0.2) is 8.42 Å². The van der Waals surface area contributed by atoms with Crippen molar-refractivity contribution in [2.24, 2.45) is 5.73 Å². The summed E-state index contributed by atoms with van der Waals surface area (Å²) >= 11 is 0. The normalized spacial score (nSPS) is 20.0. The lowest BCUT2D eigenvalue weighted by molar-refractivity contribution is 0.218. The maximum atomic E-state index is 11.5. The van der Waals surface area contributed by atoms with Crippen LogP contribution in [0.1, 0.15) is 11.6 Å². The first-order chi connectivity index (χ1) is 9.99. The number of nitrogens with zero attached hydrogens (tertiary/aromatic N) is 1. The van der Waals surface area contributed by atoms with E-state index in [4.69, 9.17) is 15.2 Å². The lowest BCUT2D eigenvalue weighted by Gasteiger charge is -2.34. The molecule has 0 aromatic heterocycles. The van der Waals surface area contributed by atoms with Crippen molar-refractivity contribution in [3.8, 4) is 11.5 Å². The van der Waals surface area contributed by atoms with Gasteiger partial charge in [-0.3, -0.25) is 4.90 Å². The molecule has 0 aliphatic carbocycles. The Labute approximate surface area is 125 Å². The van der Waals surface area contributed by atoms with E-state index in [0.29, 0.717) is 31.1 Å². The van der Waals surface area contributed by atoms with Crippen LogP contribution in [0.5, 0.6) is 11.5 Å². The van der Waals surface area contributed by atoms with Crippen molar-refractivity contribution < 1.29 is 17.9 Å². The van der Waals surface area contributed by atoms with E-state index < -0.39 is 9.84 Å². The highest BCUT2D eigenvalue weighted by Gasteiger charge is 2.27. The minimum absolute atomic E-state index is 0.0375. The van der Waals surface area contributed by atoms with E-state index in [2.05, 4.69) is 4.90 Å². The molecule has 2 rings (SSSR count). The fraction of sp³-hybridized carbons (Fsp3) is 0.571. The predicted molar refractivity (Wildman–Crippen MR) is 81.6 cm³/mol. The van der Waals surface area contributed by atoms with E-state index in [9.17, 15) is 8.42 Å².